The zero-order valence-electron chi connectivity index (χ0n) is 34.3. The maximum absolute atomic E-state index is 13.0. The number of hydrogen-bond acceptors (Lipinski definition) is 8. The molecule has 16 nitrogen and oxygen atoms in total. The molecule has 0 spiro atoms. The lowest BCUT2D eigenvalue weighted by Gasteiger charge is -2.22. The Morgan fingerprint density at radius 3 is 2.15 bits per heavy atom. The van der Waals surface area contributed by atoms with E-state index in [9.17, 15) is 33.6 Å². The highest BCUT2D eigenvalue weighted by molar-refractivity contribution is 6.00. The predicted molar refractivity (Wildman–Crippen MR) is 233 cm³/mol. The van der Waals surface area contributed by atoms with Gasteiger partial charge in [0, 0.05) is 49.2 Å². The van der Waals surface area contributed by atoms with Gasteiger partial charge in [-0.1, -0.05) is 80.1 Å². The Morgan fingerprint density at radius 2 is 1.49 bits per heavy atom. The van der Waals surface area contributed by atoms with E-state index in [1.165, 1.54) is 6.08 Å². The minimum atomic E-state index is -1.16. The number of carbonyl (C=O) groups is 7. The van der Waals surface area contributed by atoms with Gasteiger partial charge in [0.05, 0.1) is 13.0 Å². The summed E-state index contributed by atoms with van der Waals surface area (Å²) in [6.45, 7) is 4.28. The fourth-order valence-electron chi connectivity index (χ4n) is 5.54. The van der Waals surface area contributed by atoms with Gasteiger partial charge in [-0.15, -0.1) is 0 Å². The Morgan fingerprint density at radius 1 is 0.770 bits per heavy atom. The minimum absolute atomic E-state index is 0.0159. The number of carboxylic acid groups (broad SMARTS) is 1. The Hall–Kier alpha value is -7.36. The smallest absolute Gasteiger partial charge is 0.323 e. The Bertz CT molecular complexity index is 2080. The lowest BCUT2D eigenvalue weighted by molar-refractivity contribution is -0.137. The molecule has 4 aromatic rings. The molecule has 0 aliphatic heterocycles. The molecule has 0 saturated heterocycles. The van der Waals surface area contributed by atoms with Crippen molar-refractivity contribution in [1.82, 2.24) is 26.3 Å². The molecule has 9 N–H and O–H groups in total. The number of aryl methyl sites for hydroxylation is 1. The van der Waals surface area contributed by atoms with E-state index >= 15 is 0 Å². The van der Waals surface area contributed by atoms with Crippen LogP contribution in [-0.2, 0) is 41.6 Å². The molecule has 4 rings (SSSR count). The topological polar surface area (TPSA) is 251 Å². The first-order valence-electron chi connectivity index (χ1n) is 19.8. The number of nitrogens with one attached hydrogen (secondary N) is 6. The maximum atomic E-state index is 13.0. The molecule has 0 aliphatic carbocycles. The molecule has 2 atom stereocenters. The largest absolute Gasteiger partial charge is 0.481 e. The molecule has 0 bridgehead atoms. The van der Waals surface area contributed by atoms with Crippen LogP contribution in [0.1, 0.15) is 61.3 Å². The quantitative estimate of drug-likeness (QED) is 0.0441. The summed E-state index contributed by atoms with van der Waals surface area (Å²) in [6.07, 6.45) is 8.74. The second-order valence-electron chi connectivity index (χ2n) is 13.9. The van der Waals surface area contributed by atoms with Crippen LogP contribution in [0, 0.1) is 6.92 Å². The summed E-state index contributed by atoms with van der Waals surface area (Å²) >= 11 is 0. The van der Waals surface area contributed by atoms with Gasteiger partial charge >= 0.3 is 12.0 Å². The summed E-state index contributed by atoms with van der Waals surface area (Å²) in [5, 5.41) is 24.8. The number of para-hydroxylation sites is 1. The molecule has 0 saturated carbocycles. The van der Waals surface area contributed by atoms with E-state index < -0.39 is 54.3 Å². The number of anilines is 2. The fraction of sp³-hybridized carbons (Fsp3) is 0.289. The number of carboxylic acids is 1. The molecule has 0 radical (unpaired) electrons. The monoisotopic (exact) mass is 834 g/mol. The third kappa shape index (κ3) is 19.8. The van der Waals surface area contributed by atoms with Crippen molar-refractivity contribution < 1.29 is 38.7 Å². The zero-order valence-corrected chi connectivity index (χ0v) is 34.3. The van der Waals surface area contributed by atoms with E-state index in [-0.39, 0.29) is 38.0 Å². The third-order valence-electron chi connectivity index (χ3n) is 8.83. The number of aromatic nitrogens is 1. The van der Waals surface area contributed by atoms with Gasteiger partial charge in [0.2, 0.25) is 29.5 Å². The molecule has 61 heavy (non-hydrogen) atoms. The molecule has 2 unspecified atom stereocenters. The molecule has 16 heteroatoms. The number of nitrogens with two attached hydrogens (primary N) is 1. The van der Waals surface area contributed by atoms with Crippen LogP contribution in [0.2, 0.25) is 0 Å². The Balaban J connectivity index is 0.000000555. The number of nitrogens with zero attached hydrogens (tertiary/aromatic N) is 1. The first-order chi connectivity index (χ1) is 29.3. The SMILES string of the molecule is CCCCNC(=O)/C=C/c1cccnc1.Cc1ccccc1NC(=O)Nc1ccc(CC(=O)NCC(=O)NC(CCCC(=O)O)C(=O)NC(Cc2ccccc2)C(N)=O)cc1. The van der Waals surface area contributed by atoms with Crippen molar-refractivity contribution in [2.75, 3.05) is 23.7 Å². The summed E-state index contributed by atoms with van der Waals surface area (Å²) in [7, 11) is 0. The van der Waals surface area contributed by atoms with E-state index in [1.54, 1.807) is 79.1 Å². The fourth-order valence-corrected chi connectivity index (χ4v) is 5.54. The van der Waals surface area contributed by atoms with Gasteiger partial charge in [0.25, 0.3) is 0 Å². The second-order valence-corrected chi connectivity index (χ2v) is 13.9. The average Bonchev–Trinajstić information content (AvgIpc) is 3.24. The average molecular weight is 835 g/mol. The van der Waals surface area contributed by atoms with E-state index in [0.29, 0.717) is 16.9 Å². The van der Waals surface area contributed by atoms with Gasteiger partial charge in [-0.2, -0.15) is 0 Å². The molecule has 0 fully saturated rings. The summed E-state index contributed by atoms with van der Waals surface area (Å²) < 4.78 is 0. The summed E-state index contributed by atoms with van der Waals surface area (Å²) in [5.41, 5.74) is 9.93. The number of unbranched alkanes of at least 4 members (excludes halogenated alkanes) is 1. The number of hydrogen-bond donors (Lipinski definition) is 8. The second kappa shape index (κ2) is 26.6. The molecular weight excluding hydrogens is 781 g/mol. The number of primary amides is 1. The predicted octanol–water partition coefficient (Wildman–Crippen LogP) is 4.26. The van der Waals surface area contributed by atoms with Crippen molar-refractivity contribution in [3.8, 4) is 0 Å². The number of pyridine rings is 1. The number of aliphatic carboxylic acids is 1. The standard InChI is InChI=1S/C33H38N6O7.C12H16N2O/c1-21-8-5-6-11-25(21)39-33(46)36-24-16-14-23(15-17-24)19-28(40)35-20-29(41)37-26(12-7-13-30(42)43)32(45)38-27(31(34)44)18-22-9-3-2-4-10-22;1-2-3-9-14-12(15)7-6-11-5-4-8-13-10-11/h2-6,8-11,14-17,26-27H,7,12-13,18-20H2,1H3,(H2,34,44)(H,35,40)(H,37,41)(H,38,45)(H,42,43)(H2,36,39,46);4-8,10H,2-3,9H2,1H3,(H,14,15)/b;7-6+. The van der Waals surface area contributed by atoms with Gasteiger partial charge in [-0.25, -0.2) is 4.79 Å². The molecule has 7 amide bonds. The molecule has 322 valence electrons. The van der Waals surface area contributed by atoms with Crippen molar-refractivity contribution >= 4 is 59.0 Å². The highest BCUT2D eigenvalue weighted by Gasteiger charge is 2.26. The first kappa shape index (κ1) is 48.0. The Kier molecular flexibility index (Phi) is 20.9. The van der Waals surface area contributed by atoms with E-state index in [4.69, 9.17) is 10.8 Å². The van der Waals surface area contributed by atoms with E-state index in [2.05, 4.69) is 43.8 Å². The van der Waals surface area contributed by atoms with Crippen molar-refractivity contribution in [3.63, 3.8) is 0 Å². The number of carbonyl (C=O) groups excluding carboxylic acids is 6. The summed E-state index contributed by atoms with van der Waals surface area (Å²) in [4.78, 5) is 88.8. The van der Waals surface area contributed by atoms with Crippen LogP contribution in [0.4, 0.5) is 16.2 Å². The van der Waals surface area contributed by atoms with Crippen LogP contribution in [-0.4, -0.2) is 76.8 Å². The highest BCUT2D eigenvalue weighted by Crippen LogP contribution is 2.15. The number of benzene rings is 3. The van der Waals surface area contributed by atoms with E-state index in [0.717, 1.165) is 36.1 Å². The highest BCUT2D eigenvalue weighted by atomic mass is 16.4. The normalized spacial score (nSPS) is 11.4. The van der Waals surface area contributed by atoms with Crippen LogP contribution in [0.5, 0.6) is 0 Å². The van der Waals surface area contributed by atoms with E-state index in [1.807, 2.05) is 37.3 Å². The minimum Gasteiger partial charge on any atom is -0.481 e. The van der Waals surface area contributed by atoms with Gasteiger partial charge in [0.1, 0.15) is 12.1 Å². The van der Waals surface area contributed by atoms with Crippen molar-refractivity contribution in [1.29, 1.82) is 0 Å². The Labute approximate surface area is 355 Å². The van der Waals surface area contributed by atoms with Crippen LogP contribution < -0.4 is 37.6 Å². The third-order valence-corrected chi connectivity index (χ3v) is 8.83. The summed E-state index contributed by atoms with van der Waals surface area (Å²) in [6, 6.07) is 24.0. The van der Waals surface area contributed by atoms with Crippen LogP contribution in [0.15, 0.2) is 109 Å². The number of amides is 7. The van der Waals surface area contributed by atoms with Gasteiger partial charge in [-0.05, 0) is 78.8 Å². The van der Waals surface area contributed by atoms with Crippen molar-refractivity contribution in [2.45, 2.75) is 70.9 Å². The zero-order chi connectivity index (χ0) is 44.4. The molecule has 1 aromatic heterocycles. The lowest BCUT2D eigenvalue weighted by Crippen LogP contribution is -2.54. The van der Waals surface area contributed by atoms with Gasteiger partial charge in [0.15, 0.2) is 0 Å². The number of urea groups is 1. The molecule has 3 aromatic carbocycles. The van der Waals surface area contributed by atoms with Crippen LogP contribution in [0.3, 0.4) is 0 Å². The lowest BCUT2D eigenvalue weighted by atomic mass is 10.0. The summed E-state index contributed by atoms with van der Waals surface area (Å²) in [5.74, 6) is -3.72. The first-order valence-corrected chi connectivity index (χ1v) is 19.8. The molecule has 0 aliphatic rings. The van der Waals surface area contributed by atoms with Crippen molar-refractivity contribution in [2.24, 2.45) is 5.73 Å². The van der Waals surface area contributed by atoms with Gasteiger partial charge < -0.3 is 42.7 Å². The maximum Gasteiger partial charge on any atom is 0.323 e. The van der Waals surface area contributed by atoms with Crippen molar-refractivity contribution in [3.05, 3.63) is 132 Å². The van der Waals surface area contributed by atoms with Crippen LogP contribution in [0.25, 0.3) is 6.08 Å². The van der Waals surface area contributed by atoms with Crippen LogP contribution >= 0.6 is 0 Å². The van der Waals surface area contributed by atoms with Gasteiger partial charge in [-0.3, -0.25) is 33.8 Å². The molecular formula is C45H54N8O8. The number of rotatable bonds is 21. The molecule has 1 heterocycles.